The number of nitrogens with one attached hydrogen (secondary N) is 4. The van der Waals surface area contributed by atoms with E-state index in [1.807, 2.05) is 0 Å². The van der Waals surface area contributed by atoms with Gasteiger partial charge in [-0.25, -0.2) is 0 Å². The Hall–Kier alpha value is -2.93. The van der Waals surface area contributed by atoms with E-state index in [1.54, 1.807) is 18.9 Å². The highest BCUT2D eigenvalue weighted by atomic mass is 16.2. The van der Waals surface area contributed by atoms with Crippen molar-refractivity contribution in [3.63, 3.8) is 0 Å². The maximum Gasteiger partial charge on any atom is 0.239 e. The van der Waals surface area contributed by atoms with Crippen molar-refractivity contribution in [1.29, 1.82) is 5.41 Å². The van der Waals surface area contributed by atoms with Crippen LogP contribution in [0.25, 0.3) is 0 Å². The zero-order valence-corrected chi connectivity index (χ0v) is 22.7. The van der Waals surface area contributed by atoms with Gasteiger partial charge in [0.1, 0.15) is 0 Å². The van der Waals surface area contributed by atoms with E-state index in [1.165, 1.54) is 0 Å². The van der Waals surface area contributed by atoms with E-state index >= 15 is 0 Å². The Bertz CT molecular complexity index is 738. The number of likely N-dealkylation sites (N-methyl/N-ethyl adjacent to an activating group) is 1. The Labute approximate surface area is 219 Å². The molecule has 36 heavy (non-hydrogen) atoms. The molecule has 0 aromatic heterocycles. The zero-order chi connectivity index (χ0) is 26.7. The molecule has 0 heterocycles. The van der Waals surface area contributed by atoms with Gasteiger partial charge >= 0.3 is 0 Å². The molecule has 0 aliphatic rings. The van der Waals surface area contributed by atoms with E-state index in [0.29, 0.717) is 38.4 Å². The maximum atomic E-state index is 11.9. The SMILES string of the molecule is CCC=CCC=CCC=CCC=CCC=CCCCC(=O)NCCNCCNC(=O)CN(C)C(C)=N. The molecule has 0 saturated heterocycles. The summed E-state index contributed by atoms with van der Waals surface area (Å²) in [4.78, 5) is 25.1. The van der Waals surface area contributed by atoms with Gasteiger partial charge in [-0.15, -0.1) is 0 Å². The molecule has 0 aromatic carbocycles. The molecule has 4 N–H and O–H groups in total. The molecule has 0 rings (SSSR count). The Kier molecular flexibility index (Phi) is 23.1. The number of carbonyl (C=O) groups excluding carboxylic acids is 2. The van der Waals surface area contributed by atoms with E-state index < -0.39 is 0 Å². The van der Waals surface area contributed by atoms with Crippen molar-refractivity contribution in [2.24, 2.45) is 0 Å². The molecule has 7 nitrogen and oxygen atoms in total. The predicted molar refractivity (Wildman–Crippen MR) is 153 cm³/mol. The third kappa shape index (κ3) is 24.2. The maximum absolute atomic E-state index is 11.9. The highest BCUT2D eigenvalue weighted by molar-refractivity contribution is 5.84. The number of unbranched alkanes of at least 4 members (excludes halogenated alkanes) is 1. The molecule has 0 aromatic rings. The summed E-state index contributed by atoms with van der Waals surface area (Å²) in [5.41, 5.74) is 0. The Balaban J connectivity index is 3.54. The van der Waals surface area contributed by atoms with E-state index in [-0.39, 0.29) is 18.4 Å². The summed E-state index contributed by atoms with van der Waals surface area (Å²) >= 11 is 0. The van der Waals surface area contributed by atoms with Crippen LogP contribution >= 0.6 is 0 Å². The Morgan fingerprint density at radius 3 is 1.69 bits per heavy atom. The lowest BCUT2D eigenvalue weighted by Crippen LogP contribution is -2.40. The first kappa shape index (κ1) is 33.1. The van der Waals surface area contributed by atoms with E-state index in [0.717, 1.165) is 44.9 Å². The molecule has 0 unspecified atom stereocenters. The predicted octanol–water partition coefficient (Wildman–Crippen LogP) is 4.66. The van der Waals surface area contributed by atoms with Crippen LogP contribution in [-0.2, 0) is 9.59 Å². The number of rotatable bonds is 21. The van der Waals surface area contributed by atoms with Crippen LogP contribution in [0, 0.1) is 5.41 Å². The topological polar surface area (TPSA) is 97.3 Å². The molecular formula is C29H49N5O2. The molecule has 0 radical (unpaired) electrons. The van der Waals surface area contributed by atoms with Crippen molar-refractivity contribution in [2.45, 2.75) is 65.2 Å². The van der Waals surface area contributed by atoms with Crippen molar-refractivity contribution in [3.8, 4) is 0 Å². The lowest BCUT2D eigenvalue weighted by molar-refractivity contribution is -0.121. The quantitative estimate of drug-likeness (QED) is 0.0799. The lowest BCUT2D eigenvalue weighted by atomic mass is 10.2. The molecule has 0 bridgehead atoms. The largest absolute Gasteiger partial charge is 0.355 e. The summed E-state index contributed by atoms with van der Waals surface area (Å²) in [6, 6.07) is 0. The molecular weight excluding hydrogens is 450 g/mol. The van der Waals surface area contributed by atoms with Crippen molar-refractivity contribution >= 4 is 17.6 Å². The summed E-state index contributed by atoms with van der Waals surface area (Å²) in [5.74, 6) is 0.325. The van der Waals surface area contributed by atoms with Crippen molar-refractivity contribution in [2.75, 3.05) is 39.8 Å². The number of hydrogen-bond donors (Lipinski definition) is 4. The minimum Gasteiger partial charge on any atom is -0.355 e. The molecule has 7 heteroatoms. The summed E-state index contributed by atoms with van der Waals surface area (Å²) < 4.78 is 0. The number of nitrogens with zero attached hydrogens (tertiary/aromatic N) is 1. The fourth-order valence-corrected chi connectivity index (χ4v) is 2.93. The highest BCUT2D eigenvalue weighted by Gasteiger charge is 2.05. The molecule has 0 aliphatic heterocycles. The second-order valence-corrected chi connectivity index (χ2v) is 8.49. The van der Waals surface area contributed by atoms with Crippen LogP contribution < -0.4 is 16.0 Å². The van der Waals surface area contributed by atoms with Crippen molar-refractivity contribution < 1.29 is 9.59 Å². The van der Waals surface area contributed by atoms with E-state index in [2.05, 4.69) is 83.6 Å². The van der Waals surface area contributed by atoms with Gasteiger partial charge in [0, 0.05) is 39.6 Å². The van der Waals surface area contributed by atoms with Crippen LogP contribution in [0.4, 0.5) is 0 Å². The van der Waals surface area contributed by atoms with Crippen molar-refractivity contribution in [1.82, 2.24) is 20.9 Å². The van der Waals surface area contributed by atoms with E-state index in [9.17, 15) is 9.59 Å². The van der Waals surface area contributed by atoms with Gasteiger partial charge < -0.3 is 20.9 Å². The smallest absolute Gasteiger partial charge is 0.239 e. The van der Waals surface area contributed by atoms with Gasteiger partial charge in [0.15, 0.2) is 0 Å². The highest BCUT2D eigenvalue weighted by Crippen LogP contribution is 1.99. The number of amides is 2. The number of hydrogen-bond acceptors (Lipinski definition) is 4. The van der Waals surface area contributed by atoms with Gasteiger partial charge in [-0.1, -0.05) is 67.7 Å². The summed E-state index contributed by atoms with van der Waals surface area (Å²) in [6.07, 6.45) is 29.1. The van der Waals surface area contributed by atoms with Crippen LogP contribution in [-0.4, -0.2) is 62.3 Å². The minimum atomic E-state index is -0.105. The molecule has 202 valence electrons. The van der Waals surface area contributed by atoms with E-state index in [4.69, 9.17) is 5.41 Å². The average molecular weight is 500 g/mol. The van der Waals surface area contributed by atoms with Gasteiger partial charge in [0.05, 0.1) is 12.4 Å². The lowest BCUT2D eigenvalue weighted by Gasteiger charge is -2.16. The van der Waals surface area contributed by atoms with Gasteiger partial charge in [0.2, 0.25) is 11.8 Å². The second kappa shape index (κ2) is 25.2. The van der Waals surface area contributed by atoms with Crippen LogP contribution in [0.15, 0.2) is 60.8 Å². The van der Waals surface area contributed by atoms with Crippen LogP contribution in [0.2, 0.25) is 0 Å². The third-order valence-corrected chi connectivity index (χ3v) is 5.13. The molecule has 0 aliphatic carbocycles. The standard InChI is InChI=1S/C29H49N5O2/c1-4-5-6-7-8-9-10-11-12-13-14-15-16-17-18-19-20-21-28(35)32-24-22-31-23-25-33-29(36)26-34(3)27(2)30/h5-6,8-9,11-12,14-15,17-18,30-31H,4,7,10,13,16,19-26H2,1-3H3,(H,32,35)(H,33,36). The zero-order valence-electron chi connectivity index (χ0n) is 22.7. The molecule has 0 saturated carbocycles. The first-order valence-electron chi connectivity index (χ1n) is 13.2. The normalized spacial score (nSPS) is 12.0. The fraction of sp³-hybridized carbons (Fsp3) is 0.552. The van der Waals surface area contributed by atoms with Gasteiger partial charge in [-0.05, 0) is 51.9 Å². The Morgan fingerprint density at radius 2 is 1.19 bits per heavy atom. The van der Waals surface area contributed by atoms with Gasteiger partial charge in [0.25, 0.3) is 0 Å². The Morgan fingerprint density at radius 1 is 0.722 bits per heavy atom. The number of amidine groups is 1. The van der Waals surface area contributed by atoms with Crippen LogP contribution in [0.1, 0.15) is 65.2 Å². The molecule has 2 amide bonds. The van der Waals surface area contributed by atoms with Crippen LogP contribution in [0.3, 0.4) is 0 Å². The second-order valence-electron chi connectivity index (χ2n) is 8.49. The molecule has 0 spiro atoms. The van der Waals surface area contributed by atoms with Gasteiger partial charge in [-0.2, -0.15) is 0 Å². The monoisotopic (exact) mass is 499 g/mol. The third-order valence-electron chi connectivity index (χ3n) is 5.13. The average Bonchev–Trinajstić information content (AvgIpc) is 2.85. The van der Waals surface area contributed by atoms with Crippen molar-refractivity contribution in [3.05, 3.63) is 60.8 Å². The summed E-state index contributed by atoms with van der Waals surface area (Å²) in [5, 5.41) is 16.3. The first-order valence-corrected chi connectivity index (χ1v) is 13.2. The fourth-order valence-electron chi connectivity index (χ4n) is 2.93. The molecule has 0 fully saturated rings. The summed E-state index contributed by atoms with van der Waals surface area (Å²) in [6.45, 7) is 6.37. The first-order chi connectivity index (χ1) is 17.5. The minimum absolute atomic E-state index is 0.0718. The van der Waals surface area contributed by atoms with Gasteiger partial charge in [-0.3, -0.25) is 15.0 Å². The van der Waals surface area contributed by atoms with Crippen LogP contribution in [0.5, 0.6) is 0 Å². The molecule has 0 atom stereocenters. The number of carbonyl (C=O) groups is 2. The number of allylic oxidation sites excluding steroid dienone is 10. The summed E-state index contributed by atoms with van der Waals surface area (Å²) in [7, 11) is 1.71.